The first-order valence-corrected chi connectivity index (χ1v) is 14.4. The summed E-state index contributed by atoms with van der Waals surface area (Å²) in [6, 6.07) is 19.6. The molecule has 0 fully saturated rings. The third kappa shape index (κ3) is 10.0. The minimum Gasteiger partial charge on any atom is -0.508 e. The molecule has 12 heteroatoms. The number of aromatic amines is 1. The number of phenols is 1. The first-order valence-electron chi connectivity index (χ1n) is 14.4. The number of phenolic OH excluding ortho intramolecular Hbond substituents is 1. The number of aromatic hydroxyl groups is 1. The average molecular weight is 613 g/mol. The molecule has 0 bridgehead atoms. The van der Waals surface area contributed by atoms with E-state index in [0.717, 1.165) is 11.1 Å². The predicted octanol–water partition coefficient (Wildman–Crippen LogP) is 1.25. The molecule has 0 aliphatic heterocycles. The van der Waals surface area contributed by atoms with Crippen LogP contribution in [0, 0.1) is 0 Å². The van der Waals surface area contributed by atoms with Crippen LogP contribution in [-0.2, 0) is 44.9 Å². The number of nitrogens with one attached hydrogen (secondary N) is 4. The largest absolute Gasteiger partial charge is 0.508 e. The Labute approximate surface area is 260 Å². The molecule has 1 aromatic heterocycles. The number of benzene rings is 3. The summed E-state index contributed by atoms with van der Waals surface area (Å²) < 4.78 is 0. The Hall–Kier alpha value is -5.49. The summed E-state index contributed by atoms with van der Waals surface area (Å²) in [5.74, 6) is -3.09. The molecular weight excluding hydrogens is 576 g/mol. The zero-order chi connectivity index (χ0) is 32.2. The van der Waals surface area contributed by atoms with E-state index in [1.165, 1.54) is 24.7 Å². The van der Waals surface area contributed by atoms with Crippen LogP contribution in [0.3, 0.4) is 0 Å². The highest BCUT2D eigenvalue weighted by molar-refractivity contribution is 5.94. The molecule has 45 heavy (non-hydrogen) atoms. The second-order valence-electron chi connectivity index (χ2n) is 10.7. The van der Waals surface area contributed by atoms with Gasteiger partial charge in [-0.25, -0.2) is 9.78 Å². The molecule has 8 N–H and O–H groups in total. The Balaban J connectivity index is 1.51. The first kappa shape index (κ1) is 32.4. The highest BCUT2D eigenvalue weighted by Crippen LogP contribution is 2.12. The van der Waals surface area contributed by atoms with Crippen LogP contribution in [0.25, 0.3) is 0 Å². The fourth-order valence-corrected chi connectivity index (χ4v) is 4.74. The first-order chi connectivity index (χ1) is 21.7. The summed E-state index contributed by atoms with van der Waals surface area (Å²) in [7, 11) is 0. The minimum atomic E-state index is -1.24. The molecule has 4 atom stereocenters. The molecule has 0 radical (unpaired) electrons. The van der Waals surface area contributed by atoms with E-state index in [0.29, 0.717) is 11.3 Å². The number of aromatic nitrogens is 2. The van der Waals surface area contributed by atoms with Gasteiger partial charge in [-0.1, -0.05) is 72.8 Å². The molecule has 1 heterocycles. The number of carbonyl (C=O) groups excluding carboxylic acids is 3. The zero-order valence-electron chi connectivity index (χ0n) is 24.4. The van der Waals surface area contributed by atoms with Gasteiger partial charge in [-0.15, -0.1) is 0 Å². The number of carboxylic acid groups (broad SMARTS) is 1. The molecule has 12 nitrogen and oxygen atoms in total. The van der Waals surface area contributed by atoms with Crippen molar-refractivity contribution in [3.05, 3.63) is 120 Å². The van der Waals surface area contributed by atoms with E-state index in [4.69, 9.17) is 5.73 Å². The normalized spacial score (nSPS) is 13.5. The number of imidazole rings is 1. The molecule has 3 amide bonds. The van der Waals surface area contributed by atoms with Crippen molar-refractivity contribution >= 4 is 23.7 Å². The highest BCUT2D eigenvalue weighted by atomic mass is 16.4. The topological polar surface area (TPSA) is 200 Å². The second-order valence-corrected chi connectivity index (χ2v) is 10.7. The Morgan fingerprint density at radius 1 is 0.667 bits per heavy atom. The van der Waals surface area contributed by atoms with Crippen molar-refractivity contribution in [1.82, 2.24) is 25.9 Å². The summed E-state index contributed by atoms with van der Waals surface area (Å²) in [5, 5.41) is 27.4. The monoisotopic (exact) mass is 612 g/mol. The number of nitrogens with zero attached hydrogens (tertiary/aromatic N) is 1. The molecule has 0 aliphatic carbocycles. The van der Waals surface area contributed by atoms with Crippen molar-refractivity contribution in [3.63, 3.8) is 0 Å². The lowest BCUT2D eigenvalue weighted by atomic mass is 10.0. The maximum atomic E-state index is 13.7. The van der Waals surface area contributed by atoms with E-state index in [9.17, 15) is 29.4 Å². The van der Waals surface area contributed by atoms with Crippen LogP contribution in [-0.4, -0.2) is 68.0 Å². The van der Waals surface area contributed by atoms with Crippen LogP contribution in [0.1, 0.15) is 22.4 Å². The van der Waals surface area contributed by atoms with E-state index in [1.807, 2.05) is 12.1 Å². The third-order valence-electron chi connectivity index (χ3n) is 7.15. The van der Waals surface area contributed by atoms with Gasteiger partial charge in [0, 0.05) is 31.2 Å². The number of rotatable bonds is 15. The SMILES string of the molecule is NC(Cc1ccc(O)cc1)C(=O)NC(Cc1cnc[nH]1)C(=O)NC(Cc1ccccc1)C(=O)NC(Cc1ccccc1)C(=O)O. The fraction of sp³-hybridized carbons (Fsp3) is 0.242. The Morgan fingerprint density at radius 3 is 1.69 bits per heavy atom. The maximum absolute atomic E-state index is 13.7. The molecule has 0 spiro atoms. The summed E-state index contributed by atoms with van der Waals surface area (Å²) in [6.45, 7) is 0. The van der Waals surface area contributed by atoms with Gasteiger partial charge in [-0.05, 0) is 35.2 Å². The van der Waals surface area contributed by atoms with E-state index in [-0.39, 0.29) is 31.4 Å². The van der Waals surface area contributed by atoms with E-state index < -0.39 is 47.9 Å². The molecule has 3 aromatic carbocycles. The number of aliphatic carboxylic acids is 1. The van der Waals surface area contributed by atoms with E-state index in [2.05, 4.69) is 25.9 Å². The second kappa shape index (κ2) is 15.8. The van der Waals surface area contributed by atoms with E-state index >= 15 is 0 Å². The molecule has 0 saturated heterocycles. The Morgan fingerprint density at radius 2 is 1.16 bits per heavy atom. The zero-order valence-corrected chi connectivity index (χ0v) is 24.4. The van der Waals surface area contributed by atoms with Crippen molar-refractivity contribution in [1.29, 1.82) is 0 Å². The summed E-state index contributed by atoms with van der Waals surface area (Å²) in [5.41, 5.74) is 8.89. The van der Waals surface area contributed by atoms with Gasteiger partial charge >= 0.3 is 5.97 Å². The molecule has 0 aliphatic rings. The van der Waals surface area contributed by atoms with Gasteiger partial charge in [0.1, 0.15) is 23.9 Å². The van der Waals surface area contributed by atoms with Gasteiger partial charge in [-0.2, -0.15) is 0 Å². The smallest absolute Gasteiger partial charge is 0.326 e. The van der Waals surface area contributed by atoms with Crippen LogP contribution in [0.4, 0.5) is 0 Å². The molecule has 0 saturated carbocycles. The van der Waals surface area contributed by atoms with Crippen molar-refractivity contribution in [2.45, 2.75) is 49.9 Å². The average Bonchev–Trinajstić information content (AvgIpc) is 3.55. The van der Waals surface area contributed by atoms with Gasteiger partial charge in [0.2, 0.25) is 17.7 Å². The number of carbonyl (C=O) groups is 4. The van der Waals surface area contributed by atoms with Crippen LogP contribution in [0.15, 0.2) is 97.5 Å². The van der Waals surface area contributed by atoms with Crippen molar-refractivity contribution in [2.75, 3.05) is 0 Å². The summed E-state index contributed by atoms with van der Waals surface area (Å²) >= 11 is 0. The van der Waals surface area contributed by atoms with Gasteiger partial charge in [0.25, 0.3) is 0 Å². The molecular formula is C33H36N6O6. The molecule has 4 unspecified atom stereocenters. The number of H-pyrrole nitrogens is 1. The standard InChI is InChI=1S/C33H36N6O6/c34-26(15-23-11-13-25(40)14-12-23)30(41)37-28(18-24-19-35-20-36-24)32(43)38-27(16-21-7-3-1-4-8-21)31(42)39-29(33(44)45)17-22-9-5-2-6-10-22/h1-14,19-20,26-29,40H,15-18,34H2,(H,35,36)(H,37,41)(H,38,43)(H,39,42)(H,44,45). The molecule has 4 rings (SSSR count). The van der Waals surface area contributed by atoms with Crippen molar-refractivity contribution in [2.24, 2.45) is 5.73 Å². The predicted molar refractivity (Wildman–Crippen MR) is 166 cm³/mol. The van der Waals surface area contributed by atoms with Gasteiger partial charge in [0.05, 0.1) is 12.4 Å². The summed E-state index contributed by atoms with van der Waals surface area (Å²) in [6.07, 6.45) is 3.24. The number of hydrogen-bond donors (Lipinski definition) is 7. The number of nitrogens with two attached hydrogens (primary N) is 1. The van der Waals surface area contributed by atoms with Crippen molar-refractivity contribution < 1.29 is 29.4 Å². The molecule has 4 aromatic rings. The lowest BCUT2D eigenvalue weighted by Crippen LogP contribution is -2.58. The van der Waals surface area contributed by atoms with E-state index in [1.54, 1.807) is 60.7 Å². The lowest BCUT2D eigenvalue weighted by molar-refractivity contribution is -0.142. The fourth-order valence-electron chi connectivity index (χ4n) is 4.74. The van der Waals surface area contributed by atoms with Crippen LogP contribution in [0.5, 0.6) is 5.75 Å². The van der Waals surface area contributed by atoms with Crippen molar-refractivity contribution in [3.8, 4) is 5.75 Å². The highest BCUT2D eigenvalue weighted by Gasteiger charge is 2.31. The third-order valence-corrected chi connectivity index (χ3v) is 7.15. The number of carboxylic acids is 1. The van der Waals surface area contributed by atoms with Gasteiger partial charge in [-0.3, -0.25) is 14.4 Å². The van der Waals surface area contributed by atoms with Gasteiger partial charge < -0.3 is 36.9 Å². The Kier molecular flexibility index (Phi) is 11.4. The van der Waals surface area contributed by atoms with Gasteiger partial charge in [0.15, 0.2) is 0 Å². The number of amides is 3. The van der Waals surface area contributed by atoms with Crippen LogP contribution in [0.2, 0.25) is 0 Å². The molecule has 234 valence electrons. The van der Waals surface area contributed by atoms with Crippen LogP contribution < -0.4 is 21.7 Å². The Bertz CT molecular complexity index is 1550. The van der Waals surface area contributed by atoms with Crippen LogP contribution >= 0.6 is 0 Å². The number of hydrogen-bond acceptors (Lipinski definition) is 7. The maximum Gasteiger partial charge on any atom is 0.326 e. The quantitative estimate of drug-likeness (QED) is 0.104. The lowest BCUT2D eigenvalue weighted by Gasteiger charge is -2.25. The minimum absolute atomic E-state index is 0.0228. The summed E-state index contributed by atoms with van der Waals surface area (Å²) in [4.78, 5) is 59.4.